The van der Waals surface area contributed by atoms with Gasteiger partial charge in [0.2, 0.25) is 0 Å². The Kier molecular flexibility index (Phi) is 5.16. The third kappa shape index (κ3) is 4.42. The fourth-order valence-electron chi connectivity index (χ4n) is 2.78. The van der Waals surface area contributed by atoms with Gasteiger partial charge in [-0.3, -0.25) is 0 Å². The molecule has 0 amide bonds. The second-order valence-electron chi connectivity index (χ2n) is 6.15. The molecule has 0 heterocycles. The molecule has 1 unspecified atom stereocenters. The van der Waals surface area contributed by atoms with E-state index in [0.717, 1.165) is 13.1 Å². The Labute approximate surface area is 128 Å². The maximum atomic E-state index is 6.41. The Morgan fingerprint density at radius 3 is 2.43 bits per heavy atom. The van der Waals surface area contributed by atoms with Crippen LogP contribution in [-0.2, 0) is 6.54 Å². The highest BCUT2D eigenvalue weighted by atomic mass is 15.1. The molecule has 112 valence electrons. The monoisotopic (exact) mass is 282 g/mol. The van der Waals surface area contributed by atoms with Gasteiger partial charge in [-0.05, 0) is 44.5 Å². The molecule has 0 aliphatic rings. The summed E-state index contributed by atoms with van der Waals surface area (Å²) in [6.45, 7) is 8.17. The molecule has 0 aliphatic heterocycles. The van der Waals surface area contributed by atoms with Crippen LogP contribution in [0.25, 0.3) is 0 Å². The normalized spacial score (nSPS) is 12.7. The van der Waals surface area contributed by atoms with Gasteiger partial charge in [0.25, 0.3) is 0 Å². The molecule has 0 bridgehead atoms. The molecule has 2 rings (SSSR count). The van der Waals surface area contributed by atoms with Crippen LogP contribution >= 0.6 is 0 Å². The van der Waals surface area contributed by atoms with E-state index in [0.29, 0.717) is 0 Å². The number of hydrogen-bond acceptors (Lipinski definition) is 2. The number of aryl methyl sites for hydroxylation is 3. The molecule has 0 fully saturated rings. The van der Waals surface area contributed by atoms with Gasteiger partial charge in [-0.1, -0.05) is 53.6 Å². The van der Waals surface area contributed by atoms with Crippen LogP contribution in [0.2, 0.25) is 0 Å². The SMILES string of the molecule is Cc1cccc(CN(C)CC(N)c2cc(C)ccc2C)c1. The van der Waals surface area contributed by atoms with Gasteiger partial charge in [0, 0.05) is 19.1 Å². The van der Waals surface area contributed by atoms with E-state index >= 15 is 0 Å². The maximum absolute atomic E-state index is 6.41. The van der Waals surface area contributed by atoms with Crippen LogP contribution < -0.4 is 5.73 Å². The summed E-state index contributed by atoms with van der Waals surface area (Å²) in [6.07, 6.45) is 0. The Morgan fingerprint density at radius 2 is 1.71 bits per heavy atom. The van der Waals surface area contributed by atoms with E-state index in [1.807, 2.05) is 0 Å². The topological polar surface area (TPSA) is 29.3 Å². The summed E-state index contributed by atoms with van der Waals surface area (Å²) in [7, 11) is 2.13. The van der Waals surface area contributed by atoms with Crippen molar-refractivity contribution in [2.75, 3.05) is 13.6 Å². The third-order valence-corrected chi connectivity index (χ3v) is 3.88. The van der Waals surface area contributed by atoms with E-state index in [2.05, 4.69) is 75.2 Å². The quantitative estimate of drug-likeness (QED) is 0.905. The Morgan fingerprint density at radius 1 is 1.00 bits per heavy atom. The summed E-state index contributed by atoms with van der Waals surface area (Å²) in [5.41, 5.74) is 12.9. The number of nitrogens with two attached hydrogens (primary N) is 1. The lowest BCUT2D eigenvalue weighted by atomic mass is 9.99. The van der Waals surface area contributed by atoms with Crippen LogP contribution in [0, 0.1) is 20.8 Å². The van der Waals surface area contributed by atoms with Crippen LogP contribution in [0.5, 0.6) is 0 Å². The molecule has 0 spiro atoms. The lowest BCUT2D eigenvalue weighted by Gasteiger charge is -2.23. The number of hydrogen-bond donors (Lipinski definition) is 1. The minimum Gasteiger partial charge on any atom is -0.323 e. The number of nitrogens with zero attached hydrogens (tertiary/aromatic N) is 1. The summed E-state index contributed by atoms with van der Waals surface area (Å²) in [6, 6.07) is 15.2. The summed E-state index contributed by atoms with van der Waals surface area (Å²) in [4.78, 5) is 2.29. The predicted molar refractivity (Wildman–Crippen MR) is 90.4 cm³/mol. The molecule has 1 atom stereocenters. The number of rotatable bonds is 5. The lowest BCUT2D eigenvalue weighted by molar-refractivity contribution is 0.305. The first-order valence-electron chi connectivity index (χ1n) is 7.52. The molecule has 2 N–H and O–H groups in total. The first-order chi connectivity index (χ1) is 9.95. The predicted octanol–water partition coefficient (Wildman–Crippen LogP) is 3.74. The van der Waals surface area contributed by atoms with Gasteiger partial charge in [0.15, 0.2) is 0 Å². The van der Waals surface area contributed by atoms with E-state index in [1.165, 1.54) is 27.8 Å². The molecular weight excluding hydrogens is 256 g/mol. The zero-order chi connectivity index (χ0) is 15.4. The van der Waals surface area contributed by atoms with Crippen LogP contribution in [0.1, 0.15) is 33.9 Å². The lowest BCUT2D eigenvalue weighted by Crippen LogP contribution is -2.29. The molecule has 0 aliphatic carbocycles. The van der Waals surface area contributed by atoms with Crippen molar-refractivity contribution in [1.29, 1.82) is 0 Å². The Hall–Kier alpha value is -1.64. The van der Waals surface area contributed by atoms with E-state index in [1.54, 1.807) is 0 Å². The Bertz CT molecular complexity index is 604. The zero-order valence-corrected chi connectivity index (χ0v) is 13.6. The van der Waals surface area contributed by atoms with Crippen molar-refractivity contribution in [3.05, 3.63) is 70.3 Å². The smallest absolute Gasteiger partial charge is 0.0427 e. The van der Waals surface area contributed by atoms with Gasteiger partial charge >= 0.3 is 0 Å². The fraction of sp³-hybridized carbons (Fsp3) is 0.368. The van der Waals surface area contributed by atoms with Gasteiger partial charge in [0.1, 0.15) is 0 Å². The molecule has 0 radical (unpaired) electrons. The highest BCUT2D eigenvalue weighted by Gasteiger charge is 2.12. The largest absolute Gasteiger partial charge is 0.323 e. The van der Waals surface area contributed by atoms with Crippen LogP contribution in [0.15, 0.2) is 42.5 Å². The van der Waals surface area contributed by atoms with Crippen molar-refractivity contribution in [1.82, 2.24) is 4.90 Å². The van der Waals surface area contributed by atoms with Crippen molar-refractivity contribution in [3.63, 3.8) is 0 Å². The van der Waals surface area contributed by atoms with E-state index < -0.39 is 0 Å². The van der Waals surface area contributed by atoms with Crippen molar-refractivity contribution < 1.29 is 0 Å². The highest BCUT2D eigenvalue weighted by Crippen LogP contribution is 2.19. The van der Waals surface area contributed by atoms with Gasteiger partial charge in [-0.25, -0.2) is 0 Å². The molecule has 2 nitrogen and oxygen atoms in total. The third-order valence-electron chi connectivity index (χ3n) is 3.88. The van der Waals surface area contributed by atoms with Gasteiger partial charge in [-0.15, -0.1) is 0 Å². The summed E-state index contributed by atoms with van der Waals surface area (Å²) >= 11 is 0. The van der Waals surface area contributed by atoms with Crippen molar-refractivity contribution in [2.24, 2.45) is 5.73 Å². The minimum atomic E-state index is 0.0553. The van der Waals surface area contributed by atoms with Crippen molar-refractivity contribution in [3.8, 4) is 0 Å². The average Bonchev–Trinajstić information content (AvgIpc) is 2.41. The van der Waals surface area contributed by atoms with Crippen LogP contribution in [0.4, 0.5) is 0 Å². The maximum Gasteiger partial charge on any atom is 0.0427 e. The minimum absolute atomic E-state index is 0.0553. The van der Waals surface area contributed by atoms with E-state index in [4.69, 9.17) is 5.73 Å². The summed E-state index contributed by atoms with van der Waals surface area (Å²) in [5.74, 6) is 0. The number of likely N-dealkylation sites (N-methyl/N-ethyl adjacent to an activating group) is 1. The molecule has 2 heteroatoms. The van der Waals surface area contributed by atoms with Crippen molar-refractivity contribution >= 4 is 0 Å². The first-order valence-corrected chi connectivity index (χ1v) is 7.52. The van der Waals surface area contributed by atoms with Crippen molar-refractivity contribution in [2.45, 2.75) is 33.4 Å². The molecular formula is C19H26N2. The summed E-state index contributed by atoms with van der Waals surface area (Å²) in [5, 5.41) is 0. The molecule has 2 aromatic carbocycles. The molecule has 21 heavy (non-hydrogen) atoms. The second kappa shape index (κ2) is 6.88. The van der Waals surface area contributed by atoms with Gasteiger partial charge in [-0.2, -0.15) is 0 Å². The molecule has 0 aromatic heterocycles. The number of benzene rings is 2. The van der Waals surface area contributed by atoms with Gasteiger partial charge < -0.3 is 10.6 Å². The van der Waals surface area contributed by atoms with Gasteiger partial charge in [0.05, 0.1) is 0 Å². The zero-order valence-electron chi connectivity index (χ0n) is 13.6. The second-order valence-corrected chi connectivity index (χ2v) is 6.15. The Balaban J connectivity index is 2.01. The van der Waals surface area contributed by atoms with E-state index in [9.17, 15) is 0 Å². The standard InChI is InChI=1S/C19H26N2/c1-14-6-5-7-17(10-14)12-21(4)13-19(20)18-11-15(2)8-9-16(18)3/h5-11,19H,12-13,20H2,1-4H3. The average molecular weight is 282 g/mol. The fourth-order valence-corrected chi connectivity index (χ4v) is 2.78. The molecule has 2 aromatic rings. The molecule has 0 saturated carbocycles. The first kappa shape index (κ1) is 15.7. The molecule has 0 saturated heterocycles. The van der Waals surface area contributed by atoms with Crippen LogP contribution in [0.3, 0.4) is 0 Å². The highest BCUT2D eigenvalue weighted by molar-refractivity contribution is 5.33. The van der Waals surface area contributed by atoms with E-state index in [-0.39, 0.29) is 6.04 Å². The van der Waals surface area contributed by atoms with Crippen LogP contribution in [-0.4, -0.2) is 18.5 Å². The summed E-state index contributed by atoms with van der Waals surface area (Å²) < 4.78 is 0.